The number of rotatable bonds is 5. The van der Waals surface area contributed by atoms with Crippen molar-refractivity contribution in [1.29, 1.82) is 0 Å². The van der Waals surface area contributed by atoms with Gasteiger partial charge < -0.3 is 19.8 Å². The zero-order valence-corrected chi connectivity index (χ0v) is 14.2. The van der Waals surface area contributed by atoms with Crippen molar-refractivity contribution in [2.75, 3.05) is 6.54 Å². The lowest BCUT2D eigenvalue weighted by Gasteiger charge is -2.22. The number of amides is 1. The molecule has 2 atom stereocenters. The molecule has 0 saturated carbocycles. The van der Waals surface area contributed by atoms with E-state index in [9.17, 15) is 4.79 Å². The summed E-state index contributed by atoms with van der Waals surface area (Å²) in [7, 11) is 0. The molecule has 20 heavy (non-hydrogen) atoms. The molecule has 6 heteroatoms. The SMILES string of the molecule is CC(CNC(C)c1ccc(Br)o1)NC(=O)OC(C)(C)C. The van der Waals surface area contributed by atoms with Crippen LogP contribution in [0.1, 0.15) is 46.4 Å². The number of carbonyl (C=O) groups excluding carboxylic acids is 1. The van der Waals surface area contributed by atoms with Crippen molar-refractivity contribution < 1.29 is 13.9 Å². The minimum absolute atomic E-state index is 0.0364. The van der Waals surface area contributed by atoms with Crippen LogP contribution in [0, 0.1) is 0 Å². The molecule has 2 N–H and O–H groups in total. The first-order valence-electron chi connectivity index (χ1n) is 6.65. The van der Waals surface area contributed by atoms with E-state index in [1.54, 1.807) is 0 Å². The molecule has 0 bridgehead atoms. The number of alkyl carbamates (subject to hydrolysis) is 1. The van der Waals surface area contributed by atoms with Crippen molar-refractivity contribution in [2.24, 2.45) is 0 Å². The number of hydrogen-bond donors (Lipinski definition) is 2. The van der Waals surface area contributed by atoms with Gasteiger partial charge in [0.25, 0.3) is 0 Å². The zero-order valence-electron chi connectivity index (χ0n) is 12.6. The first kappa shape index (κ1) is 17.0. The van der Waals surface area contributed by atoms with Crippen LogP contribution in [-0.2, 0) is 4.74 Å². The lowest BCUT2D eigenvalue weighted by molar-refractivity contribution is 0.0507. The van der Waals surface area contributed by atoms with E-state index in [4.69, 9.17) is 9.15 Å². The van der Waals surface area contributed by atoms with E-state index >= 15 is 0 Å². The molecule has 1 aromatic rings. The van der Waals surface area contributed by atoms with E-state index in [2.05, 4.69) is 26.6 Å². The second-order valence-electron chi connectivity index (χ2n) is 5.82. The third kappa shape index (κ3) is 6.43. The highest BCUT2D eigenvalue weighted by atomic mass is 79.9. The molecule has 114 valence electrons. The van der Waals surface area contributed by atoms with Gasteiger partial charge in [0.1, 0.15) is 11.4 Å². The van der Waals surface area contributed by atoms with Crippen molar-refractivity contribution in [1.82, 2.24) is 10.6 Å². The predicted octanol–water partition coefficient (Wildman–Crippen LogP) is 3.61. The van der Waals surface area contributed by atoms with E-state index in [0.717, 1.165) is 5.76 Å². The van der Waals surface area contributed by atoms with Crippen LogP contribution in [0.3, 0.4) is 0 Å². The van der Waals surface area contributed by atoms with Gasteiger partial charge in [-0.3, -0.25) is 0 Å². The van der Waals surface area contributed by atoms with E-state index in [-0.39, 0.29) is 12.1 Å². The van der Waals surface area contributed by atoms with Crippen LogP contribution in [0.5, 0.6) is 0 Å². The summed E-state index contributed by atoms with van der Waals surface area (Å²) in [6.07, 6.45) is -0.403. The normalized spacial score (nSPS) is 14.7. The van der Waals surface area contributed by atoms with Crippen molar-refractivity contribution in [2.45, 2.75) is 52.3 Å². The Labute approximate surface area is 128 Å². The molecule has 1 heterocycles. The third-order valence-electron chi connectivity index (χ3n) is 2.51. The smallest absolute Gasteiger partial charge is 0.407 e. The fourth-order valence-corrected chi connectivity index (χ4v) is 1.89. The maximum atomic E-state index is 11.6. The Bertz CT molecular complexity index is 440. The molecule has 0 aliphatic carbocycles. The van der Waals surface area contributed by atoms with Crippen LogP contribution in [-0.4, -0.2) is 24.3 Å². The highest BCUT2D eigenvalue weighted by Crippen LogP contribution is 2.19. The molecule has 0 aliphatic heterocycles. The number of halogens is 1. The highest BCUT2D eigenvalue weighted by Gasteiger charge is 2.18. The summed E-state index contributed by atoms with van der Waals surface area (Å²) in [5.74, 6) is 0.848. The summed E-state index contributed by atoms with van der Waals surface area (Å²) < 4.78 is 11.4. The Hall–Kier alpha value is -1.01. The van der Waals surface area contributed by atoms with Gasteiger partial charge in [0.2, 0.25) is 0 Å². The highest BCUT2D eigenvalue weighted by molar-refractivity contribution is 9.10. The van der Waals surface area contributed by atoms with E-state index < -0.39 is 11.7 Å². The second-order valence-corrected chi connectivity index (χ2v) is 6.60. The number of carbonyl (C=O) groups is 1. The lowest BCUT2D eigenvalue weighted by atomic mass is 10.2. The van der Waals surface area contributed by atoms with Gasteiger partial charge in [0.05, 0.1) is 6.04 Å². The van der Waals surface area contributed by atoms with Gasteiger partial charge in [-0.15, -0.1) is 0 Å². The van der Waals surface area contributed by atoms with Gasteiger partial charge in [-0.05, 0) is 62.7 Å². The van der Waals surface area contributed by atoms with Crippen LogP contribution in [0.15, 0.2) is 21.2 Å². The van der Waals surface area contributed by atoms with Gasteiger partial charge in [-0.2, -0.15) is 0 Å². The Morgan fingerprint density at radius 3 is 2.55 bits per heavy atom. The molecule has 0 aromatic carbocycles. The Morgan fingerprint density at radius 2 is 2.05 bits per heavy atom. The number of nitrogens with one attached hydrogen (secondary N) is 2. The quantitative estimate of drug-likeness (QED) is 0.854. The largest absolute Gasteiger partial charge is 0.453 e. The Kier molecular flexibility index (Phi) is 6.07. The summed E-state index contributed by atoms with van der Waals surface area (Å²) in [5, 5.41) is 6.08. The monoisotopic (exact) mass is 346 g/mol. The minimum atomic E-state index is -0.481. The van der Waals surface area contributed by atoms with Crippen LogP contribution in [0.2, 0.25) is 0 Å². The van der Waals surface area contributed by atoms with Crippen LogP contribution in [0.25, 0.3) is 0 Å². The molecule has 0 saturated heterocycles. The van der Waals surface area contributed by atoms with Gasteiger partial charge in [0, 0.05) is 12.6 Å². The van der Waals surface area contributed by atoms with Gasteiger partial charge in [-0.1, -0.05) is 0 Å². The average Bonchev–Trinajstić information content (AvgIpc) is 2.70. The standard InChI is InChI=1S/C14H23BrN2O3/c1-9(17-13(18)20-14(3,4)5)8-16-10(2)11-6-7-12(15)19-11/h6-7,9-10,16H,8H2,1-5H3,(H,17,18). The maximum Gasteiger partial charge on any atom is 0.407 e. The summed E-state index contributed by atoms with van der Waals surface area (Å²) in [6.45, 7) is 10.1. The van der Waals surface area contributed by atoms with Crippen molar-refractivity contribution in [3.63, 3.8) is 0 Å². The van der Waals surface area contributed by atoms with Crippen LogP contribution >= 0.6 is 15.9 Å². The summed E-state index contributed by atoms with van der Waals surface area (Å²) in [6, 6.07) is 3.80. The fraction of sp³-hybridized carbons (Fsp3) is 0.643. The molecule has 2 unspecified atom stereocenters. The topological polar surface area (TPSA) is 63.5 Å². The van der Waals surface area contributed by atoms with Crippen LogP contribution in [0.4, 0.5) is 4.79 Å². The molecule has 1 aromatic heterocycles. The molecule has 1 rings (SSSR count). The molecule has 1 amide bonds. The predicted molar refractivity (Wildman–Crippen MR) is 81.7 cm³/mol. The van der Waals surface area contributed by atoms with E-state index in [1.165, 1.54) is 0 Å². The Morgan fingerprint density at radius 1 is 1.40 bits per heavy atom. The van der Waals surface area contributed by atoms with Crippen molar-refractivity contribution in [3.05, 3.63) is 22.6 Å². The van der Waals surface area contributed by atoms with E-state index in [0.29, 0.717) is 11.2 Å². The lowest BCUT2D eigenvalue weighted by Crippen LogP contribution is -2.43. The minimum Gasteiger partial charge on any atom is -0.453 e. The zero-order chi connectivity index (χ0) is 15.3. The number of hydrogen-bond acceptors (Lipinski definition) is 4. The number of ether oxygens (including phenoxy) is 1. The molecule has 0 radical (unpaired) electrons. The Balaban J connectivity index is 2.32. The second kappa shape index (κ2) is 7.13. The average molecular weight is 347 g/mol. The van der Waals surface area contributed by atoms with E-state index in [1.807, 2.05) is 46.8 Å². The van der Waals surface area contributed by atoms with Gasteiger partial charge >= 0.3 is 6.09 Å². The molecule has 0 spiro atoms. The summed E-state index contributed by atoms with van der Waals surface area (Å²) in [4.78, 5) is 11.6. The van der Waals surface area contributed by atoms with Gasteiger partial charge in [0.15, 0.2) is 4.67 Å². The first-order chi connectivity index (χ1) is 9.17. The molecule has 5 nitrogen and oxygen atoms in total. The number of furan rings is 1. The first-order valence-corrected chi connectivity index (χ1v) is 7.45. The third-order valence-corrected chi connectivity index (χ3v) is 2.94. The molecular formula is C14H23BrN2O3. The molecule has 0 aliphatic rings. The van der Waals surface area contributed by atoms with Gasteiger partial charge in [-0.25, -0.2) is 4.79 Å². The van der Waals surface area contributed by atoms with Crippen LogP contribution < -0.4 is 10.6 Å². The fourth-order valence-electron chi connectivity index (χ4n) is 1.57. The van der Waals surface area contributed by atoms with Crippen molar-refractivity contribution in [3.8, 4) is 0 Å². The van der Waals surface area contributed by atoms with Crippen molar-refractivity contribution >= 4 is 22.0 Å². The summed E-state index contributed by atoms with van der Waals surface area (Å²) in [5.41, 5.74) is -0.481. The maximum absolute atomic E-state index is 11.6. The molecule has 0 fully saturated rings. The summed E-state index contributed by atoms with van der Waals surface area (Å²) >= 11 is 3.27. The molecular weight excluding hydrogens is 324 g/mol.